The van der Waals surface area contributed by atoms with Gasteiger partial charge in [0.05, 0.1) is 6.61 Å². The number of aryl methyl sites for hydroxylation is 2. The highest BCUT2D eigenvalue weighted by atomic mass is 32.2. The number of thioether (sulfide) groups is 1. The zero-order chi connectivity index (χ0) is 12.8. The molecule has 0 aliphatic carbocycles. The molecule has 2 rings (SSSR count). The first kappa shape index (κ1) is 14.1. The van der Waals surface area contributed by atoms with Crippen LogP contribution in [0.25, 0.3) is 0 Å². The molecule has 0 saturated carbocycles. The summed E-state index contributed by atoms with van der Waals surface area (Å²) in [6.07, 6.45) is 2.23. The summed E-state index contributed by atoms with van der Waals surface area (Å²) in [4.78, 5) is 10.4. The van der Waals surface area contributed by atoms with Crippen LogP contribution in [0.4, 0.5) is 0 Å². The maximum atomic E-state index is 9.05. The van der Waals surface area contributed by atoms with Crippen molar-refractivity contribution in [2.24, 2.45) is 0 Å². The highest BCUT2D eigenvalue weighted by molar-refractivity contribution is 8.00. The Bertz CT molecular complexity index is 386. The van der Waals surface area contributed by atoms with Crippen molar-refractivity contribution in [2.75, 3.05) is 6.61 Å². The second-order valence-electron chi connectivity index (χ2n) is 4.09. The average molecular weight is 254 g/mol. The van der Waals surface area contributed by atoms with Gasteiger partial charge in [-0.15, -0.1) is 11.8 Å². The topological polar surface area (TPSA) is 57.5 Å². The molecule has 1 atom stereocenters. The molecule has 1 aliphatic rings. The van der Waals surface area contributed by atoms with Crippen molar-refractivity contribution in [3.63, 3.8) is 0 Å². The van der Waals surface area contributed by atoms with Gasteiger partial charge in [-0.05, 0) is 31.4 Å². The molecule has 0 aromatic heterocycles. The number of carboxylic acid groups (broad SMARTS) is 1. The summed E-state index contributed by atoms with van der Waals surface area (Å²) in [5.41, 5.74) is 2.79. The Morgan fingerprint density at radius 2 is 2.18 bits per heavy atom. The fourth-order valence-electron chi connectivity index (χ4n) is 1.70. The highest BCUT2D eigenvalue weighted by Gasteiger charge is 2.17. The van der Waals surface area contributed by atoms with Gasteiger partial charge in [-0.1, -0.05) is 17.7 Å². The third-order valence-corrected chi connectivity index (χ3v) is 3.82. The summed E-state index contributed by atoms with van der Waals surface area (Å²) < 4.78 is 0. The second kappa shape index (κ2) is 6.67. The van der Waals surface area contributed by atoms with Gasteiger partial charge in [0.2, 0.25) is 0 Å². The van der Waals surface area contributed by atoms with Crippen LogP contribution in [-0.2, 0) is 11.2 Å². The molecular weight excluding hydrogens is 236 g/mol. The third-order valence-electron chi connectivity index (χ3n) is 2.45. The molecule has 1 aromatic carbocycles. The van der Waals surface area contributed by atoms with Crippen molar-refractivity contribution in [1.82, 2.24) is 0 Å². The van der Waals surface area contributed by atoms with E-state index in [-0.39, 0.29) is 0 Å². The summed E-state index contributed by atoms with van der Waals surface area (Å²) >= 11 is 1.82. The SMILES string of the molecule is CC(=O)O.Cc1ccc2c(c1)CCC(CO)S2. The summed E-state index contributed by atoms with van der Waals surface area (Å²) in [6, 6.07) is 6.58. The van der Waals surface area contributed by atoms with E-state index in [1.165, 1.54) is 16.0 Å². The van der Waals surface area contributed by atoms with E-state index in [1.54, 1.807) is 0 Å². The number of rotatable bonds is 1. The number of fused-ring (bicyclic) bond motifs is 1. The van der Waals surface area contributed by atoms with E-state index in [1.807, 2.05) is 11.8 Å². The smallest absolute Gasteiger partial charge is 0.300 e. The lowest BCUT2D eigenvalue weighted by atomic mass is 10.1. The molecule has 1 heterocycles. The summed E-state index contributed by atoms with van der Waals surface area (Å²) in [5, 5.41) is 16.9. The van der Waals surface area contributed by atoms with Crippen molar-refractivity contribution < 1.29 is 15.0 Å². The predicted molar refractivity (Wildman–Crippen MR) is 69.5 cm³/mol. The molecule has 1 aliphatic heterocycles. The van der Waals surface area contributed by atoms with Crippen molar-refractivity contribution in [2.45, 2.75) is 36.8 Å². The average Bonchev–Trinajstić information content (AvgIpc) is 2.27. The Morgan fingerprint density at radius 1 is 1.53 bits per heavy atom. The number of hydrogen-bond acceptors (Lipinski definition) is 3. The van der Waals surface area contributed by atoms with Crippen LogP contribution in [0.5, 0.6) is 0 Å². The molecule has 0 fully saturated rings. The molecule has 3 nitrogen and oxygen atoms in total. The molecule has 2 N–H and O–H groups in total. The van der Waals surface area contributed by atoms with Gasteiger partial charge in [-0.25, -0.2) is 0 Å². The summed E-state index contributed by atoms with van der Waals surface area (Å²) in [6.45, 7) is 3.51. The molecule has 0 saturated heterocycles. The van der Waals surface area contributed by atoms with Crippen LogP contribution in [0.15, 0.2) is 23.1 Å². The lowest BCUT2D eigenvalue weighted by Crippen LogP contribution is -2.14. The number of aliphatic hydroxyl groups excluding tert-OH is 1. The number of aliphatic hydroxyl groups is 1. The van der Waals surface area contributed by atoms with E-state index in [9.17, 15) is 0 Å². The largest absolute Gasteiger partial charge is 0.481 e. The Morgan fingerprint density at radius 3 is 2.76 bits per heavy atom. The molecule has 0 radical (unpaired) electrons. The van der Waals surface area contributed by atoms with Crippen LogP contribution in [-0.4, -0.2) is 28.0 Å². The van der Waals surface area contributed by atoms with E-state index in [4.69, 9.17) is 15.0 Å². The summed E-state index contributed by atoms with van der Waals surface area (Å²) in [7, 11) is 0. The maximum absolute atomic E-state index is 9.05. The van der Waals surface area contributed by atoms with Gasteiger partial charge in [0, 0.05) is 17.1 Å². The molecule has 94 valence electrons. The first-order chi connectivity index (χ1) is 8.02. The van der Waals surface area contributed by atoms with E-state index < -0.39 is 5.97 Å². The van der Waals surface area contributed by atoms with Crippen LogP contribution in [0.2, 0.25) is 0 Å². The lowest BCUT2D eigenvalue weighted by Gasteiger charge is -2.22. The zero-order valence-corrected chi connectivity index (χ0v) is 11.0. The Labute approximate surface area is 106 Å². The Kier molecular flexibility index (Phi) is 5.51. The van der Waals surface area contributed by atoms with Crippen LogP contribution in [0, 0.1) is 6.92 Å². The first-order valence-electron chi connectivity index (χ1n) is 5.59. The van der Waals surface area contributed by atoms with Crippen LogP contribution >= 0.6 is 11.8 Å². The maximum Gasteiger partial charge on any atom is 0.300 e. The molecular formula is C13H18O3S. The minimum atomic E-state index is -0.833. The number of benzene rings is 1. The van der Waals surface area contributed by atoms with Crippen LogP contribution in [0.3, 0.4) is 0 Å². The summed E-state index contributed by atoms with van der Waals surface area (Å²) in [5.74, 6) is -0.833. The van der Waals surface area contributed by atoms with E-state index in [0.29, 0.717) is 11.9 Å². The molecule has 1 aromatic rings. The predicted octanol–water partition coefficient (Wildman–Crippen LogP) is 2.49. The number of aliphatic carboxylic acids is 1. The number of carbonyl (C=O) groups is 1. The monoisotopic (exact) mass is 254 g/mol. The van der Waals surface area contributed by atoms with E-state index in [2.05, 4.69) is 25.1 Å². The minimum absolute atomic E-state index is 0.304. The molecule has 17 heavy (non-hydrogen) atoms. The van der Waals surface area contributed by atoms with Gasteiger partial charge in [0.1, 0.15) is 0 Å². The van der Waals surface area contributed by atoms with Crippen molar-refractivity contribution in [3.05, 3.63) is 29.3 Å². The van der Waals surface area contributed by atoms with Crippen molar-refractivity contribution >= 4 is 17.7 Å². The Balaban J connectivity index is 0.000000317. The quantitative estimate of drug-likeness (QED) is 0.808. The minimum Gasteiger partial charge on any atom is -0.481 e. The van der Waals surface area contributed by atoms with Gasteiger partial charge in [0.25, 0.3) is 5.97 Å². The van der Waals surface area contributed by atoms with Crippen LogP contribution < -0.4 is 0 Å². The van der Waals surface area contributed by atoms with Crippen molar-refractivity contribution in [1.29, 1.82) is 0 Å². The second-order valence-corrected chi connectivity index (χ2v) is 5.43. The number of hydrogen-bond donors (Lipinski definition) is 2. The highest BCUT2D eigenvalue weighted by Crippen LogP contribution is 2.35. The molecule has 4 heteroatoms. The van der Waals surface area contributed by atoms with Gasteiger partial charge in [0.15, 0.2) is 0 Å². The van der Waals surface area contributed by atoms with Gasteiger partial charge in [-0.2, -0.15) is 0 Å². The molecule has 0 amide bonds. The molecule has 0 spiro atoms. The zero-order valence-electron chi connectivity index (χ0n) is 10.1. The van der Waals surface area contributed by atoms with Crippen molar-refractivity contribution in [3.8, 4) is 0 Å². The van der Waals surface area contributed by atoms with E-state index >= 15 is 0 Å². The number of carboxylic acids is 1. The molecule has 0 bridgehead atoms. The van der Waals surface area contributed by atoms with Gasteiger partial charge in [-0.3, -0.25) is 4.79 Å². The van der Waals surface area contributed by atoms with Crippen LogP contribution in [0.1, 0.15) is 24.5 Å². The van der Waals surface area contributed by atoms with Gasteiger partial charge < -0.3 is 10.2 Å². The van der Waals surface area contributed by atoms with E-state index in [0.717, 1.165) is 19.8 Å². The Hall–Kier alpha value is -1.00. The lowest BCUT2D eigenvalue weighted by molar-refractivity contribution is -0.134. The standard InChI is InChI=1S/C11H14OS.C2H4O2/c1-8-2-5-11-9(6-8)3-4-10(7-12)13-11;1-2(3)4/h2,5-6,10,12H,3-4,7H2,1H3;1H3,(H,3,4). The normalized spacial score (nSPS) is 17.7. The fourth-order valence-corrected chi connectivity index (χ4v) is 2.83. The molecule has 1 unspecified atom stereocenters. The third kappa shape index (κ3) is 4.79. The first-order valence-corrected chi connectivity index (χ1v) is 6.47. The van der Waals surface area contributed by atoms with Gasteiger partial charge >= 0.3 is 0 Å². The fraction of sp³-hybridized carbons (Fsp3) is 0.462.